The minimum atomic E-state index is -1.28. The summed E-state index contributed by atoms with van der Waals surface area (Å²) in [7, 11) is 1.46. The first kappa shape index (κ1) is 29.3. The molecule has 1 aliphatic heterocycles. The Hall–Kier alpha value is -3.66. The molecule has 1 saturated carbocycles. The van der Waals surface area contributed by atoms with E-state index in [2.05, 4.69) is 13.2 Å². The Morgan fingerprint density at radius 2 is 1.88 bits per heavy atom. The number of hydrogen-bond acceptors (Lipinski definition) is 10. The van der Waals surface area contributed by atoms with Crippen LogP contribution in [-0.2, 0) is 38.1 Å². The highest BCUT2D eigenvalue weighted by molar-refractivity contribution is 6.13. The van der Waals surface area contributed by atoms with Gasteiger partial charge in [0.05, 0.1) is 17.6 Å². The van der Waals surface area contributed by atoms with Gasteiger partial charge in [-0.15, -0.1) is 13.2 Å². The van der Waals surface area contributed by atoms with Crippen molar-refractivity contribution in [3.8, 4) is 0 Å². The number of carbonyl (C=O) groups excluding carboxylic acids is 4. The molecule has 0 radical (unpaired) electrons. The third kappa shape index (κ3) is 4.48. The molecule has 2 fully saturated rings. The zero-order valence-electron chi connectivity index (χ0n) is 23.4. The minimum Gasteiger partial charge on any atom is -0.504 e. The number of ether oxygens (including phenoxy) is 4. The van der Waals surface area contributed by atoms with Gasteiger partial charge < -0.3 is 29.0 Å². The van der Waals surface area contributed by atoms with Gasteiger partial charge in [0, 0.05) is 49.9 Å². The third-order valence-corrected chi connectivity index (χ3v) is 8.88. The predicted molar refractivity (Wildman–Crippen MR) is 144 cm³/mol. The van der Waals surface area contributed by atoms with E-state index in [4.69, 9.17) is 18.9 Å². The fourth-order valence-corrected chi connectivity index (χ4v) is 7.24. The number of allylic oxidation sites excluding steroid dienone is 1. The van der Waals surface area contributed by atoms with E-state index < -0.39 is 58.5 Å². The van der Waals surface area contributed by atoms with Gasteiger partial charge in [0.15, 0.2) is 5.76 Å². The van der Waals surface area contributed by atoms with Gasteiger partial charge in [-0.1, -0.05) is 19.1 Å². The van der Waals surface area contributed by atoms with Gasteiger partial charge in [-0.2, -0.15) is 0 Å². The number of nitrogens with zero attached hydrogens (tertiary/aromatic N) is 1. The van der Waals surface area contributed by atoms with E-state index in [0.29, 0.717) is 43.5 Å². The second kappa shape index (κ2) is 11.1. The fraction of sp³-hybridized carbons (Fsp3) is 0.533. The van der Waals surface area contributed by atoms with Crippen molar-refractivity contribution >= 4 is 24.2 Å². The van der Waals surface area contributed by atoms with Gasteiger partial charge in [0.2, 0.25) is 5.78 Å². The second-order valence-corrected chi connectivity index (χ2v) is 11.2. The summed E-state index contributed by atoms with van der Waals surface area (Å²) in [6.45, 7) is 13.6. The number of hydrogen-bond donors (Lipinski definition) is 1. The average molecular weight is 556 g/mol. The zero-order valence-corrected chi connectivity index (χ0v) is 23.4. The van der Waals surface area contributed by atoms with E-state index >= 15 is 0 Å². The Bertz CT molecular complexity index is 1220. The smallest absolute Gasteiger partial charge is 0.340 e. The SMILES string of the molecule is C=CCN(C=C1C(=O)O[C@H](COC)[C@@]2(C)C1=C(O)C(=O)C1=C2[C@H](OC(C)=O)C[C@@]2(C)C1CC[C@@H]2OC=O)CC=C. The second-order valence-electron chi connectivity index (χ2n) is 11.2. The van der Waals surface area contributed by atoms with Crippen molar-refractivity contribution in [2.24, 2.45) is 16.7 Å². The lowest BCUT2D eigenvalue weighted by atomic mass is 9.53. The maximum atomic E-state index is 14.1. The van der Waals surface area contributed by atoms with Gasteiger partial charge in [-0.3, -0.25) is 14.4 Å². The van der Waals surface area contributed by atoms with E-state index in [1.165, 1.54) is 20.2 Å². The lowest BCUT2D eigenvalue weighted by Crippen LogP contribution is -2.57. The molecule has 4 rings (SSSR count). The summed E-state index contributed by atoms with van der Waals surface area (Å²) in [5, 5.41) is 11.6. The van der Waals surface area contributed by atoms with Crippen molar-refractivity contribution in [1.82, 2.24) is 4.90 Å². The first-order valence-electron chi connectivity index (χ1n) is 13.4. The zero-order chi connectivity index (χ0) is 29.4. The molecule has 40 heavy (non-hydrogen) atoms. The molecule has 0 amide bonds. The molecule has 0 spiro atoms. The Morgan fingerprint density at radius 3 is 2.45 bits per heavy atom. The molecule has 0 aromatic rings. The summed E-state index contributed by atoms with van der Waals surface area (Å²) < 4.78 is 22.7. The van der Waals surface area contributed by atoms with E-state index in [0.717, 1.165) is 0 Å². The summed E-state index contributed by atoms with van der Waals surface area (Å²) in [4.78, 5) is 53.0. The molecule has 0 aromatic heterocycles. The van der Waals surface area contributed by atoms with Crippen LogP contribution in [0.2, 0.25) is 0 Å². The molecule has 1 N–H and O–H groups in total. The van der Waals surface area contributed by atoms with Crippen LogP contribution in [0.1, 0.15) is 40.0 Å². The first-order chi connectivity index (χ1) is 19.0. The van der Waals surface area contributed by atoms with Crippen LogP contribution in [0.4, 0.5) is 0 Å². The van der Waals surface area contributed by atoms with Crippen LogP contribution in [0.25, 0.3) is 0 Å². The van der Waals surface area contributed by atoms with Crippen LogP contribution < -0.4 is 0 Å². The quantitative estimate of drug-likeness (QED) is 0.141. The number of aliphatic hydroxyl groups is 1. The van der Waals surface area contributed by atoms with Gasteiger partial charge in [0.25, 0.3) is 6.47 Å². The highest BCUT2D eigenvalue weighted by Crippen LogP contribution is 2.63. The lowest BCUT2D eigenvalue weighted by molar-refractivity contribution is -0.161. The highest BCUT2D eigenvalue weighted by atomic mass is 16.6. The van der Waals surface area contributed by atoms with Crippen LogP contribution in [0.5, 0.6) is 0 Å². The van der Waals surface area contributed by atoms with Gasteiger partial charge in [0.1, 0.15) is 18.3 Å². The molecule has 10 nitrogen and oxygen atoms in total. The molecule has 216 valence electrons. The Kier molecular flexibility index (Phi) is 8.12. The predicted octanol–water partition coefficient (Wildman–Crippen LogP) is 3.11. The van der Waals surface area contributed by atoms with Crippen molar-refractivity contribution < 1.29 is 43.2 Å². The summed E-state index contributed by atoms with van der Waals surface area (Å²) in [6, 6.07) is 0. The Morgan fingerprint density at radius 1 is 1.20 bits per heavy atom. The minimum absolute atomic E-state index is 0.0134. The van der Waals surface area contributed by atoms with Gasteiger partial charge in [-0.05, 0) is 37.7 Å². The number of esters is 2. The summed E-state index contributed by atoms with van der Waals surface area (Å²) in [6.07, 6.45) is 3.80. The van der Waals surface area contributed by atoms with Crippen LogP contribution in [0.15, 0.2) is 59.6 Å². The molecular formula is C30H37NO9. The lowest BCUT2D eigenvalue weighted by Gasteiger charge is -2.54. The Balaban J connectivity index is 2.00. The van der Waals surface area contributed by atoms with Crippen molar-refractivity contribution in [1.29, 1.82) is 0 Å². The topological polar surface area (TPSA) is 129 Å². The monoisotopic (exact) mass is 555 g/mol. The summed E-state index contributed by atoms with van der Waals surface area (Å²) in [5.41, 5.74) is -1.09. The van der Waals surface area contributed by atoms with Crippen molar-refractivity contribution in [2.75, 3.05) is 26.8 Å². The molecule has 1 heterocycles. The van der Waals surface area contributed by atoms with E-state index in [1.54, 1.807) is 24.0 Å². The molecule has 0 aromatic carbocycles. The molecular weight excluding hydrogens is 518 g/mol. The number of fused-ring (bicyclic) bond motifs is 4. The standard InChI is InChI=1S/C30H37NO9/c1-7-11-31(12-8-2)14-18-24-27(35)26(34)23-19-9-10-21(38-16-32)29(19,4)13-20(39-17(3)33)25(23)30(24,5)22(15-37-6)40-28(18)36/h7-8,14,16,19-22,35H,1-2,9-13,15H2,3-6H3/t19?,20-,21+,22-,29+,30+/m1/s1. The average Bonchev–Trinajstić information content (AvgIpc) is 3.20. The van der Waals surface area contributed by atoms with Crippen molar-refractivity contribution in [3.63, 3.8) is 0 Å². The van der Waals surface area contributed by atoms with E-state index in [1.807, 2.05) is 6.92 Å². The van der Waals surface area contributed by atoms with Crippen LogP contribution >= 0.6 is 0 Å². The first-order valence-corrected chi connectivity index (χ1v) is 13.4. The normalized spacial score (nSPS) is 34.0. The molecule has 3 aliphatic carbocycles. The fourth-order valence-electron chi connectivity index (χ4n) is 7.24. The number of Topliss-reactive ketones (excluding diaryl/α,β-unsaturated/α-hetero) is 1. The maximum absolute atomic E-state index is 14.1. The van der Waals surface area contributed by atoms with Crippen LogP contribution in [0, 0.1) is 16.7 Å². The van der Waals surface area contributed by atoms with Gasteiger partial charge in [-0.25, -0.2) is 4.79 Å². The third-order valence-electron chi connectivity index (χ3n) is 8.88. The number of ketones is 1. The number of carbonyl (C=O) groups is 4. The molecule has 1 unspecified atom stereocenters. The van der Waals surface area contributed by atoms with Crippen molar-refractivity contribution in [3.05, 3.63) is 59.6 Å². The maximum Gasteiger partial charge on any atom is 0.340 e. The molecule has 10 heteroatoms. The van der Waals surface area contributed by atoms with Crippen LogP contribution in [-0.4, -0.2) is 79.3 Å². The number of rotatable bonds is 10. The highest BCUT2D eigenvalue weighted by Gasteiger charge is 2.65. The summed E-state index contributed by atoms with van der Waals surface area (Å²) in [5.74, 6) is -2.87. The largest absolute Gasteiger partial charge is 0.504 e. The number of cyclic esters (lactones) is 1. The molecule has 4 aliphatic rings. The number of methoxy groups -OCH3 is 1. The molecule has 0 bridgehead atoms. The number of aliphatic hydroxyl groups excluding tert-OH is 1. The van der Waals surface area contributed by atoms with Crippen LogP contribution in [0.3, 0.4) is 0 Å². The van der Waals surface area contributed by atoms with Gasteiger partial charge >= 0.3 is 11.9 Å². The van der Waals surface area contributed by atoms with E-state index in [9.17, 15) is 24.3 Å². The van der Waals surface area contributed by atoms with Crippen molar-refractivity contribution in [2.45, 2.75) is 58.3 Å². The summed E-state index contributed by atoms with van der Waals surface area (Å²) >= 11 is 0. The molecule has 1 saturated heterocycles. The Labute approximate surface area is 234 Å². The van der Waals surface area contributed by atoms with E-state index in [-0.39, 0.29) is 24.2 Å². The molecule has 6 atom stereocenters.